The molecule has 0 radical (unpaired) electrons. The molecule has 2 fully saturated rings. The number of fused-ring (bicyclic) bond motifs is 1. The topological polar surface area (TPSA) is 116 Å². The second kappa shape index (κ2) is 7.45. The van der Waals surface area contributed by atoms with Crippen LogP contribution in [0.15, 0.2) is 12.1 Å². The smallest absolute Gasteiger partial charge is 0.368 e. The summed E-state index contributed by atoms with van der Waals surface area (Å²) in [6.07, 6.45) is -5.56. The fraction of sp³-hybridized carbons (Fsp3) is 0.421. The minimum atomic E-state index is -5.27. The maximum absolute atomic E-state index is 13.4. The van der Waals surface area contributed by atoms with E-state index in [2.05, 4.69) is 5.32 Å². The van der Waals surface area contributed by atoms with E-state index < -0.39 is 52.8 Å². The number of hydrogen-bond donors (Lipinski definition) is 2. The van der Waals surface area contributed by atoms with Crippen molar-refractivity contribution in [2.24, 2.45) is 0 Å². The molecule has 9 nitrogen and oxygen atoms in total. The van der Waals surface area contributed by atoms with Crippen LogP contribution in [0.25, 0.3) is 0 Å². The molecule has 0 saturated carbocycles. The average Bonchev–Trinajstić information content (AvgIpc) is 2.97. The van der Waals surface area contributed by atoms with Crippen molar-refractivity contribution in [3.8, 4) is 0 Å². The van der Waals surface area contributed by atoms with E-state index in [0.29, 0.717) is 31.1 Å². The summed E-state index contributed by atoms with van der Waals surface area (Å²) in [6, 6.07) is 1.08. The average molecular weight is 438 g/mol. The van der Waals surface area contributed by atoms with Crippen LogP contribution in [0.5, 0.6) is 0 Å². The van der Waals surface area contributed by atoms with E-state index in [1.165, 1.54) is 12.1 Å². The number of benzene rings is 1. The first kappa shape index (κ1) is 21.0. The second-order valence-corrected chi connectivity index (χ2v) is 7.39. The standard InChI is InChI=1S/C19H17F3N4O5/c20-19(21,22)15(28)14-10(25-7-5-23-6-8-25)2-1-9-13(14)18(31)26(17(9)30)11-3-4-12(27)24-16(11)29/h1-2,11,23H,3-8H2,(H,24,27,29). The number of carbonyl (C=O) groups is 5. The Balaban J connectivity index is 1.83. The molecule has 4 amide bonds. The minimum Gasteiger partial charge on any atom is -0.368 e. The third-order valence-corrected chi connectivity index (χ3v) is 5.53. The first-order valence-corrected chi connectivity index (χ1v) is 9.57. The lowest BCUT2D eigenvalue weighted by Gasteiger charge is -2.31. The van der Waals surface area contributed by atoms with Gasteiger partial charge in [0.05, 0.1) is 16.7 Å². The Hall–Kier alpha value is -3.28. The zero-order chi connectivity index (χ0) is 22.5. The summed E-state index contributed by atoms with van der Waals surface area (Å²) >= 11 is 0. The Morgan fingerprint density at radius 1 is 1.03 bits per heavy atom. The highest BCUT2D eigenvalue weighted by Gasteiger charge is 2.50. The zero-order valence-electron chi connectivity index (χ0n) is 16.0. The summed E-state index contributed by atoms with van der Waals surface area (Å²) in [5.74, 6) is -5.83. The van der Waals surface area contributed by atoms with Crippen LogP contribution in [0, 0.1) is 0 Å². The SMILES string of the molecule is O=C1CCC(N2C(=O)c3ccc(N4CCNCC4)c(C(=O)C(F)(F)F)c3C2=O)C(=O)N1. The molecule has 2 N–H and O–H groups in total. The molecule has 3 aliphatic rings. The van der Waals surface area contributed by atoms with Crippen LogP contribution >= 0.6 is 0 Å². The predicted molar refractivity (Wildman–Crippen MR) is 98.6 cm³/mol. The number of alkyl halides is 3. The summed E-state index contributed by atoms with van der Waals surface area (Å²) in [6.45, 7) is 1.53. The lowest BCUT2D eigenvalue weighted by atomic mass is 9.96. The number of imide groups is 2. The largest absolute Gasteiger partial charge is 0.454 e. The van der Waals surface area contributed by atoms with Gasteiger partial charge in [0.1, 0.15) is 6.04 Å². The Bertz CT molecular complexity index is 1020. The number of anilines is 1. The molecule has 1 aromatic rings. The van der Waals surface area contributed by atoms with Crippen LogP contribution in [0.2, 0.25) is 0 Å². The fourth-order valence-corrected chi connectivity index (χ4v) is 4.09. The number of carbonyl (C=O) groups excluding carboxylic acids is 5. The van der Waals surface area contributed by atoms with Gasteiger partial charge in [0, 0.05) is 38.3 Å². The Morgan fingerprint density at radius 3 is 2.32 bits per heavy atom. The first-order chi connectivity index (χ1) is 14.6. The number of halogens is 3. The van der Waals surface area contributed by atoms with Gasteiger partial charge < -0.3 is 10.2 Å². The third kappa shape index (κ3) is 3.46. The highest BCUT2D eigenvalue weighted by Crippen LogP contribution is 2.38. The predicted octanol–water partition coefficient (Wildman–Crippen LogP) is 0.242. The molecule has 0 aromatic heterocycles. The van der Waals surface area contributed by atoms with Gasteiger partial charge in [0.15, 0.2) is 0 Å². The molecule has 0 spiro atoms. The first-order valence-electron chi connectivity index (χ1n) is 9.57. The highest BCUT2D eigenvalue weighted by atomic mass is 19.4. The molecule has 31 heavy (non-hydrogen) atoms. The van der Waals surface area contributed by atoms with Crippen LogP contribution < -0.4 is 15.5 Å². The van der Waals surface area contributed by atoms with Gasteiger partial charge in [-0.2, -0.15) is 13.2 Å². The van der Waals surface area contributed by atoms with Crippen LogP contribution in [0.3, 0.4) is 0 Å². The molecule has 0 aliphatic carbocycles. The summed E-state index contributed by atoms with van der Waals surface area (Å²) in [7, 11) is 0. The van der Waals surface area contributed by atoms with Crippen molar-refractivity contribution < 1.29 is 37.1 Å². The van der Waals surface area contributed by atoms with Gasteiger partial charge in [-0.05, 0) is 18.6 Å². The van der Waals surface area contributed by atoms with Gasteiger partial charge in [-0.15, -0.1) is 0 Å². The molecule has 2 saturated heterocycles. The normalized spacial score (nSPS) is 22.0. The molecule has 0 bridgehead atoms. The van der Waals surface area contributed by atoms with Crippen molar-refractivity contribution in [2.75, 3.05) is 31.1 Å². The molecule has 3 heterocycles. The van der Waals surface area contributed by atoms with E-state index in [1.807, 2.05) is 5.32 Å². The number of rotatable bonds is 3. The lowest BCUT2D eigenvalue weighted by Crippen LogP contribution is -2.54. The van der Waals surface area contributed by atoms with Crippen molar-refractivity contribution in [3.63, 3.8) is 0 Å². The van der Waals surface area contributed by atoms with E-state index in [-0.39, 0.29) is 24.1 Å². The van der Waals surface area contributed by atoms with Gasteiger partial charge in [0.2, 0.25) is 11.8 Å². The van der Waals surface area contributed by atoms with Gasteiger partial charge in [0.25, 0.3) is 17.6 Å². The van der Waals surface area contributed by atoms with Crippen LogP contribution in [-0.4, -0.2) is 72.7 Å². The highest BCUT2D eigenvalue weighted by molar-refractivity contribution is 6.28. The van der Waals surface area contributed by atoms with Crippen molar-refractivity contribution in [1.29, 1.82) is 0 Å². The molecule has 3 aliphatic heterocycles. The van der Waals surface area contributed by atoms with E-state index >= 15 is 0 Å². The molecule has 12 heteroatoms. The molecule has 1 atom stereocenters. The molecular weight excluding hydrogens is 421 g/mol. The summed E-state index contributed by atoms with van der Waals surface area (Å²) in [4.78, 5) is 64.0. The van der Waals surface area contributed by atoms with Gasteiger partial charge >= 0.3 is 6.18 Å². The van der Waals surface area contributed by atoms with Gasteiger partial charge in [-0.3, -0.25) is 34.2 Å². The van der Waals surface area contributed by atoms with Crippen LogP contribution in [-0.2, 0) is 9.59 Å². The minimum absolute atomic E-state index is 0.0890. The fourth-order valence-electron chi connectivity index (χ4n) is 4.09. The number of piperazine rings is 1. The number of piperidine rings is 1. The number of ketones is 1. The van der Waals surface area contributed by atoms with E-state index in [1.54, 1.807) is 4.90 Å². The monoisotopic (exact) mass is 438 g/mol. The van der Waals surface area contributed by atoms with Crippen molar-refractivity contribution in [2.45, 2.75) is 25.1 Å². The molecule has 4 rings (SSSR count). The van der Waals surface area contributed by atoms with Gasteiger partial charge in [-0.1, -0.05) is 0 Å². The molecule has 164 valence electrons. The summed E-state index contributed by atoms with van der Waals surface area (Å²) in [5, 5.41) is 5.05. The third-order valence-electron chi connectivity index (χ3n) is 5.53. The summed E-state index contributed by atoms with van der Waals surface area (Å²) < 4.78 is 40.3. The Kier molecular flexibility index (Phi) is 5.04. The van der Waals surface area contributed by atoms with Crippen LogP contribution in [0.4, 0.5) is 18.9 Å². The van der Waals surface area contributed by atoms with E-state index in [4.69, 9.17) is 0 Å². The maximum atomic E-state index is 13.4. The maximum Gasteiger partial charge on any atom is 0.454 e. The second-order valence-electron chi connectivity index (χ2n) is 7.39. The number of nitrogens with zero attached hydrogens (tertiary/aromatic N) is 2. The lowest BCUT2D eigenvalue weighted by molar-refractivity contribution is -0.136. The number of hydrogen-bond acceptors (Lipinski definition) is 7. The van der Waals surface area contributed by atoms with Crippen molar-refractivity contribution >= 4 is 35.1 Å². The van der Waals surface area contributed by atoms with Crippen LogP contribution in [0.1, 0.15) is 43.9 Å². The zero-order valence-corrected chi connectivity index (χ0v) is 16.0. The Morgan fingerprint density at radius 2 is 1.71 bits per heavy atom. The molecular formula is C19H17F3N4O5. The van der Waals surface area contributed by atoms with E-state index in [9.17, 15) is 37.1 Å². The number of nitrogens with one attached hydrogen (secondary N) is 2. The van der Waals surface area contributed by atoms with Crippen molar-refractivity contribution in [1.82, 2.24) is 15.5 Å². The van der Waals surface area contributed by atoms with Crippen molar-refractivity contribution in [3.05, 3.63) is 28.8 Å². The van der Waals surface area contributed by atoms with Gasteiger partial charge in [-0.25, -0.2) is 0 Å². The molecule has 1 unspecified atom stereocenters. The number of amides is 4. The quantitative estimate of drug-likeness (QED) is 0.513. The Labute approximate surface area is 173 Å². The molecule has 1 aromatic carbocycles. The number of Topliss-reactive ketones (excluding diaryl/α,β-unsaturated/α-hetero) is 1. The summed E-state index contributed by atoms with van der Waals surface area (Å²) in [5.41, 5.74) is -2.01. The van der Waals surface area contributed by atoms with E-state index in [0.717, 1.165) is 0 Å².